The number of aryl methyl sites for hydroxylation is 2. The highest BCUT2D eigenvalue weighted by molar-refractivity contribution is 5.44. The van der Waals surface area contributed by atoms with E-state index < -0.39 is 61.4 Å². The first kappa shape index (κ1) is 28.6. The van der Waals surface area contributed by atoms with Crippen LogP contribution in [0.2, 0.25) is 0 Å². The number of ether oxygens (including phenoxy) is 1. The molecule has 3 aliphatic rings. The molecule has 0 aromatic heterocycles. The lowest BCUT2D eigenvalue weighted by atomic mass is 9.72. The standard InChI is InChI=1S/C30H40O9/c1-13-7-15(3-5-18(13)22-9-17(11-31)24(33)27(36)25(22)34)20-10-21(20)16-4-6-19(14(2)8-16)30-29(38)28(37)26(35)23(12-32)39-30/h3-8,17,20-38H,9-12H2,1-2H3/t17-,20?,21?,22-,23-,24-,25-,26-,27+,28+,29+,30-/m1/s1. The van der Waals surface area contributed by atoms with Crippen molar-refractivity contribution >= 4 is 0 Å². The Labute approximate surface area is 228 Å². The van der Waals surface area contributed by atoms with Crippen LogP contribution >= 0.6 is 0 Å². The molecule has 5 rings (SSSR count). The minimum Gasteiger partial charge on any atom is -0.396 e. The maximum absolute atomic E-state index is 10.6. The summed E-state index contributed by atoms with van der Waals surface area (Å²) in [5.74, 6) is -0.227. The fraction of sp³-hybridized carbons (Fsp3) is 0.600. The van der Waals surface area contributed by atoms with Gasteiger partial charge >= 0.3 is 0 Å². The van der Waals surface area contributed by atoms with Gasteiger partial charge in [0.15, 0.2) is 0 Å². The number of rotatable bonds is 6. The average molecular weight is 545 g/mol. The van der Waals surface area contributed by atoms with Gasteiger partial charge in [-0.1, -0.05) is 36.4 Å². The predicted molar refractivity (Wildman–Crippen MR) is 141 cm³/mol. The van der Waals surface area contributed by atoms with E-state index in [4.69, 9.17) is 4.74 Å². The maximum Gasteiger partial charge on any atom is 0.113 e. The summed E-state index contributed by atoms with van der Waals surface area (Å²) >= 11 is 0. The zero-order chi connectivity index (χ0) is 28.2. The molecule has 9 heteroatoms. The molecule has 2 aromatic rings. The van der Waals surface area contributed by atoms with Crippen molar-refractivity contribution in [3.63, 3.8) is 0 Å². The summed E-state index contributed by atoms with van der Waals surface area (Å²) in [6, 6.07) is 12.1. The molecule has 1 aliphatic heterocycles. The minimum atomic E-state index is -1.42. The van der Waals surface area contributed by atoms with Crippen LogP contribution < -0.4 is 0 Å². The summed E-state index contributed by atoms with van der Waals surface area (Å²) in [5.41, 5.74) is 5.83. The van der Waals surface area contributed by atoms with Gasteiger partial charge in [0.25, 0.3) is 0 Å². The second-order valence-electron chi connectivity index (χ2n) is 11.7. The van der Waals surface area contributed by atoms with E-state index in [1.165, 1.54) is 5.56 Å². The van der Waals surface area contributed by atoms with Gasteiger partial charge in [-0.3, -0.25) is 0 Å². The molecular weight excluding hydrogens is 504 g/mol. The van der Waals surface area contributed by atoms with Gasteiger partial charge < -0.3 is 45.6 Å². The van der Waals surface area contributed by atoms with E-state index in [2.05, 4.69) is 18.2 Å². The fourth-order valence-corrected chi connectivity index (χ4v) is 6.70. The Morgan fingerprint density at radius 2 is 1.18 bits per heavy atom. The molecule has 0 amide bonds. The number of benzene rings is 2. The lowest BCUT2D eigenvalue weighted by molar-refractivity contribution is -0.231. The van der Waals surface area contributed by atoms with Crippen LogP contribution in [0.15, 0.2) is 36.4 Å². The molecule has 8 N–H and O–H groups in total. The molecule has 39 heavy (non-hydrogen) atoms. The molecule has 2 aromatic carbocycles. The Kier molecular flexibility index (Phi) is 8.18. The Hall–Kier alpha value is -1.92. The van der Waals surface area contributed by atoms with Crippen molar-refractivity contribution in [1.29, 1.82) is 0 Å². The van der Waals surface area contributed by atoms with E-state index in [1.807, 2.05) is 32.0 Å². The average Bonchev–Trinajstić information content (AvgIpc) is 3.73. The van der Waals surface area contributed by atoms with Crippen molar-refractivity contribution in [3.8, 4) is 0 Å². The molecule has 2 aliphatic carbocycles. The van der Waals surface area contributed by atoms with Crippen LogP contribution in [-0.2, 0) is 4.74 Å². The largest absolute Gasteiger partial charge is 0.396 e. The summed E-state index contributed by atoms with van der Waals surface area (Å²) in [6.45, 7) is 3.17. The van der Waals surface area contributed by atoms with Crippen LogP contribution in [0.25, 0.3) is 0 Å². The van der Waals surface area contributed by atoms with Gasteiger partial charge in [-0.05, 0) is 71.9 Å². The monoisotopic (exact) mass is 544 g/mol. The van der Waals surface area contributed by atoms with Crippen molar-refractivity contribution in [1.82, 2.24) is 0 Å². The number of hydrogen-bond acceptors (Lipinski definition) is 9. The number of aliphatic hydroxyl groups is 8. The second kappa shape index (κ2) is 11.2. The van der Waals surface area contributed by atoms with Crippen LogP contribution in [-0.4, -0.2) is 96.8 Å². The van der Waals surface area contributed by atoms with Gasteiger partial charge in [-0.2, -0.15) is 0 Å². The van der Waals surface area contributed by atoms with E-state index in [0.29, 0.717) is 23.8 Å². The smallest absolute Gasteiger partial charge is 0.113 e. The number of hydrogen-bond donors (Lipinski definition) is 8. The summed E-state index contributed by atoms with van der Waals surface area (Å²) in [4.78, 5) is 0. The normalized spacial score (nSPS) is 40.5. The molecule has 3 fully saturated rings. The van der Waals surface area contributed by atoms with Crippen LogP contribution in [0.1, 0.15) is 70.1 Å². The van der Waals surface area contributed by atoms with Gasteiger partial charge in [0.05, 0.1) is 18.8 Å². The van der Waals surface area contributed by atoms with E-state index in [1.54, 1.807) is 0 Å². The van der Waals surface area contributed by atoms with Gasteiger partial charge in [0, 0.05) is 18.4 Å². The quantitative estimate of drug-likeness (QED) is 0.254. The van der Waals surface area contributed by atoms with Crippen molar-refractivity contribution in [2.75, 3.05) is 13.2 Å². The first-order chi connectivity index (χ1) is 18.6. The number of aliphatic hydroxyl groups excluding tert-OH is 8. The summed E-state index contributed by atoms with van der Waals surface area (Å²) in [5, 5.41) is 81.0. The predicted octanol–water partition coefficient (Wildman–Crippen LogP) is 0.268. The lowest BCUT2D eigenvalue weighted by Crippen LogP contribution is -2.55. The molecule has 2 unspecified atom stereocenters. The zero-order valence-electron chi connectivity index (χ0n) is 22.2. The van der Waals surface area contributed by atoms with Crippen LogP contribution in [0.4, 0.5) is 0 Å². The topological polar surface area (TPSA) is 171 Å². The highest BCUT2D eigenvalue weighted by atomic mass is 16.5. The summed E-state index contributed by atoms with van der Waals surface area (Å²) in [7, 11) is 0. The van der Waals surface area contributed by atoms with Crippen molar-refractivity contribution < 1.29 is 45.6 Å². The maximum atomic E-state index is 10.6. The SMILES string of the molecule is Cc1cc(C2CC2c2ccc([C@H]3O[C@H](CO)[C@@H](O)[C@H](O)[C@@H]3O)c(C)c2)ccc1[C@H]1C[C@H](CO)[C@@H](O)[C@H](O)[C@@H]1O. The van der Waals surface area contributed by atoms with Crippen molar-refractivity contribution in [2.24, 2.45) is 5.92 Å². The minimum absolute atomic E-state index is 0.253. The molecule has 1 heterocycles. The van der Waals surface area contributed by atoms with Gasteiger partial charge in [0.2, 0.25) is 0 Å². The first-order valence-electron chi connectivity index (χ1n) is 13.7. The molecular formula is C30H40O9. The lowest BCUT2D eigenvalue weighted by Gasteiger charge is -2.40. The van der Waals surface area contributed by atoms with Gasteiger partial charge in [0.1, 0.15) is 36.6 Å². The molecule has 0 radical (unpaired) electrons. The Morgan fingerprint density at radius 3 is 1.72 bits per heavy atom. The highest BCUT2D eigenvalue weighted by Crippen LogP contribution is 2.55. The Balaban J connectivity index is 1.30. The third kappa shape index (κ3) is 5.16. The second-order valence-corrected chi connectivity index (χ2v) is 11.7. The summed E-state index contributed by atoms with van der Waals surface area (Å²) < 4.78 is 5.74. The fourth-order valence-electron chi connectivity index (χ4n) is 6.70. The molecule has 214 valence electrons. The molecule has 2 saturated carbocycles. The Bertz CT molecular complexity index is 1080. The van der Waals surface area contributed by atoms with E-state index >= 15 is 0 Å². The van der Waals surface area contributed by atoms with Gasteiger partial charge in [-0.15, -0.1) is 0 Å². The van der Waals surface area contributed by atoms with Crippen LogP contribution in [0.3, 0.4) is 0 Å². The molecule has 1 saturated heterocycles. The summed E-state index contributed by atoms with van der Waals surface area (Å²) in [6.07, 6.45) is -8.14. The van der Waals surface area contributed by atoms with Crippen molar-refractivity contribution in [2.45, 2.75) is 93.3 Å². The zero-order valence-corrected chi connectivity index (χ0v) is 22.2. The van der Waals surface area contributed by atoms with E-state index in [-0.39, 0.29) is 12.5 Å². The molecule has 0 bridgehead atoms. The van der Waals surface area contributed by atoms with Crippen molar-refractivity contribution in [3.05, 3.63) is 69.8 Å². The van der Waals surface area contributed by atoms with E-state index in [0.717, 1.165) is 28.7 Å². The highest BCUT2D eigenvalue weighted by Gasteiger charge is 2.46. The first-order valence-corrected chi connectivity index (χ1v) is 13.7. The molecule has 9 nitrogen and oxygen atoms in total. The van der Waals surface area contributed by atoms with Gasteiger partial charge in [-0.25, -0.2) is 0 Å². The third-order valence-electron chi connectivity index (χ3n) is 9.22. The Morgan fingerprint density at radius 1 is 0.615 bits per heavy atom. The van der Waals surface area contributed by atoms with Crippen LogP contribution in [0, 0.1) is 19.8 Å². The van der Waals surface area contributed by atoms with Crippen LogP contribution in [0.5, 0.6) is 0 Å². The van der Waals surface area contributed by atoms with E-state index in [9.17, 15) is 40.9 Å². The third-order valence-corrected chi connectivity index (χ3v) is 9.22. The molecule has 12 atom stereocenters. The molecule has 0 spiro atoms.